The van der Waals surface area contributed by atoms with Gasteiger partial charge in [0.05, 0.1) is 23.7 Å². The largest absolute Gasteiger partial charge is 0.394 e. The van der Waals surface area contributed by atoms with E-state index >= 15 is 0 Å². The first-order valence-corrected chi connectivity index (χ1v) is 5.42. The fourth-order valence-corrected chi connectivity index (χ4v) is 1.53. The fourth-order valence-electron chi connectivity index (χ4n) is 1.53. The van der Waals surface area contributed by atoms with E-state index in [9.17, 15) is 24.7 Å². The van der Waals surface area contributed by atoms with Gasteiger partial charge in [-0.15, -0.1) is 0 Å². The molecule has 1 aromatic carbocycles. The minimum absolute atomic E-state index is 0.0649. The van der Waals surface area contributed by atoms with Crippen LogP contribution >= 0.6 is 0 Å². The van der Waals surface area contributed by atoms with Crippen LogP contribution in [0.5, 0.6) is 0 Å². The predicted molar refractivity (Wildman–Crippen MR) is 63.9 cm³/mol. The first-order chi connectivity index (χ1) is 8.49. The van der Waals surface area contributed by atoms with Crippen LogP contribution in [0.2, 0.25) is 0 Å². The SMILES string of the molecule is CCC(CO)(CO)Nc1cccc(F)c1[N+](=O)[O-]. The maximum Gasteiger partial charge on any atom is 0.327 e. The van der Waals surface area contributed by atoms with Crippen molar-refractivity contribution in [3.63, 3.8) is 0 Å². The summed E-state index contributed by atoms with van der Waals surface area (Å²) in [5.74, 6) is -0.967. The van der Waals surface area contributed by atoms with Crippen LogP contribution in [0.1, 0.15) is 13.3 Å². The molecular weight excluding hydrogens is 243 g/mol. The Labute approximate surface area is 103 Å². The number of nitro benzene ring substituents is 1. The topological polar surface area (TPSA) is 95.6 Å². The quantitative estimate of drug-likeness (QED) is 0.527. The van der Waals surface area contributed by atoms with Gasteiger partial charge in [-0.05, 0) is 18.6 Å². The second kappa shape index (κ2) is 5.74. The van der Waals surface area contributed by atoms with Gasteiger partial charge in [-0.2, -0.15) is 4.39 Å². The molecule has 0 amide bonds. The minimum atomic E-state index is -1.11. The lowest BCUT2D eigenvalue weighted by Crippen LogP contribution is -2.45. The Morgan fingerprint density at radius 2 is 2.06 bits per heavy atom. The van der Waals surface area contributed by atoms with Gasteiger partial charge in [0.15, 0.2) is 0 Å². The lowest BCUT2D eigenvalue weighted by atomic mass is 9.97. The standard InChI is InChI=1S/C11H15FN2O4/c1-2-11(6-15,7-16)13-9-5-3-4-8(12)10(9)14(17)18/h3-5,13,15-16H,2,6-7H2,1H3. The molecule has 0 saturated heterocycles. The first-order valence-electron chi connectivity index (χ1n) is 5.42. The van der Waals surface area contributed by atoms with Crippen LogP contribution in [-0.4, -0.2) is 33.9 Å². The van der Waals surface area contributed by atoms with Gasteiger partial charge in [-0.3, -0.25) is 10.1 Å². The second-order valence-corrected chi connectivity index (χ2v) is 3.97. The zero-order chi connectivity index (χ0) is 13.8. The number of nitrogens with one attached hydrogen (secondary N) is 1. The molecule has 0 unspecified atom stereocenters. The van der Waals surface area contributed by atoms with Gasteiger partial charge in [0.2, 0.25) is 5.82 Å². The third kappa shape index (κ3) is 2.74. The molecule has 0 aromatic heterocycles. The summed E-state index contributed by atoms with van der Waals surface area (Å²) in [6.07, 6.45) is 0.327. The Kier molecular flexibility index (Phi) is 4.57. The van der Waals surface area contributed by atoms with Crippen molar-refractivity contribution in [1.82, 2.24) is 0 Å². The molecule has 100 valence electrons. The van der Waals surface area contributed by atoms with Gasteiger partial charge >= 0.3 is 5.69 Å². The molecule has 0 radical (unpaired) electrons. The van der Waals surface area contributed by atoms with E-state index in [2.05, 4.69) is 5.32 Å². The van der Waals surface area contributed by atoms with E-state index in [1.54, 1.807) is 6.92 Å². The summed E-state index contributed by atoms with van der Waals surface area (Å²) in [4.78, 5) is 9.95. The number of halogens is 1. The van der Waals surface area contributed by atoms with Crippen molar-refractivity contribution in [2.45, 2.75) is 18.9 Å². The zero-order valence-electron chi connectivity index (χ0n) is 9.89. The average Bonchev–Trinajstić information content (AvgIpc) is 2.35. The molecule has 7 heteroatoms. The van der Waals surface area contributed by atoms with Crippen molar-refractivity contribution < 1.29 is 19.5 Å². The van der Waals surface area contributed by atoms with Crippen LogP contribution in [0.15, 0.2) is 18.2 Å². The summed E-state index contributed by atoms with van der Waals surface area (Å²) < 4.78 is 13.4. The molecule has 0 aliphatic carbocycles. The summed E-state index contributed by atoms with van der Waals surface area (Å²) >= 11 is 0. The van der Waals surface area contributed by atoms with E-state index in [1.165, 1.54) is 12.1 Å². The smallest absolute Gasteiger partial charge is 0.327 e. The van der Waals surface area contributed by atoms with Crippen LogP contribution in [-0.2, 0) is 0 Å². The van der Waals surface area contributed by atoms with E-state index in [4.69, 9.17) is 0 Å². The van der Waals surface area contributed by atoms with Crippen molar-refractivity contribution in [2.75, 3.05) is 18.5 Å². The van der Waals surface area contributed by atoms with Crippen LogP contribution in [0.3, 0.4) is 0 Å². The highest BCUT2D eigenvalue weighted by molar-refractivity contribution is 5.63. The lowest BCUT2D eigenvalue weighted by Gasteiger charge is -2.30. The van der Waals surface area contributed by atoms with E-state index in [0.29, 0.717) is 6.42 Å². The van der Waals surface area contributed by atoms with Gasteiger partial charge in [-0.25, -0.2) is 0 Å². The molecule has 1 aromatic rings. The molecule has 3 N–H and O–H groups in total. The molecule has 0 spiro atoms. The number of para-hydroxylation sites is 1. The first kappa shape index (κ1) is 14.3. The van der Waals surface area contributed by atoms with Crippen molar-refractivity contribution in [3.8, 4) is 0 Å². The fraction of sp³-hybridized carbons (Fsp3) is 0.455. The highest BCUT2D eigenvalue weighted by Gasteiger charge is 2.30. The number of benzene rings is 1. The normalized spacial score (nSPS) is 11.3. The number of aliphatic hydroxyl groups excluding tert-OH is 2. The van der Waals surface area contributed by atoms with Crippen LogP contribution in [0.25, 0.3) is 0 Å². The van der Waals surface area contributed by atoms with Crippen molar-refractivity contribution >= 4 is 11.4 Å². The zero-order valence-corrected chi connectivity index (χ0v) is 9.89. The number of aliphatic hydroxyl groups is 2. The third-order valence-electron chi connectivity index (χ3n) is 2.85. The van der Waals surface area contributed by atoms with E-state index < -0.39 is 35.2 Å². The highest BCUT2D eigenvalue weighted by atomic mass is 19.1. The maximum atomic E-state index is 13.4. The maximum absolute atomic E-state index is 13.4. The second-order valence-electron chi connectivity index (χ2n) is 3.97. The molecular formula is C11H15FN2O4. The lowest BCUT2D eigenvalue weighted by molar-refractivity contribution is -0.386. The van der Waals surface area contributed by atoms with Crippen LogP contribution in [0.4, 0.5) is 15.8 Å². The number of hydrogen-bond donors (Lipinski definition) is 3. The monoisotopic (exact) mass is 258 g/mol. The van der Waals surface area contributed by atoms with Crippen molar-refractivity contribution in [1.29, 1.82) is 0 Å². The van der Waals surface area contributed by atoms with E-state index in [0.717, 1.165) is 6.07 Å². The number of rotatable bonds is 6. The molecule has 1 rings (SSSR count). The van der Waals surface area contributed by atoms with Gasteiger partial charge in [0.1, 0.15) is 5.69 Å². The van der Waals surface area contributed by atoms with Crippen molar-refractivity contribution in [2.24, 2.45) is 0 Å². The Morgan fingerprint density at radius 1 is 1.44 bits per heavy atom. The summed E-state index contributed by atoms with van der Waals surface area (Å²) in [6, 6.07) is 3.63. The molecule has 6 nitrogen and oxygen atoms in total. The van der Waals surface area contributed by atoms with Crippen molar-refractivity contribution in [3.05, 3.63) is 34.1 Å². The van der Waals surface area contributed by atoms with Gasteiger partial charge in [0, 0.05) is 0 Å². The molecule has 0 aliphatic heterocycles. The molecule has 0 saturated carbocycles. The Morgan fingerprint density at radius 3 is 2.50 bits per heavy atom. The van der Waals surface area contributed by atoms with Crippen LogP contribution in [0, 0.1) is 15.9 Å². The average molecular weight is 258 g/mol. The number of nitrogens with zero attached hydrogens (tertiary/aromatic N) is 1. The summed E-state index contributed by atoms with van der Waals surface area (Å²) in [6.45, 7) is 0.853. The minimum Gasteiger partial charge on any atom is -0.394 e. The Hall–Kier alpha value is -1.73. The number of nitro groups is 1. The molecule has 0 fully saturated rings. The van der Waals surface area contributed by atoms with E-state index in [1.807, 2.05) is 0 Å². The Bertz CT molecular complexity index is 427. The predicted octanol–water partition coefficient (Wildman–Crippen LogP) is 1.28. The highest BCUT2D eigenvalue weighted by Crippen LogP contribution is 2.30. The van der Waals surface area contributed by atoms with E-state index in [-0.39, 0.29) is 5.69 Å². The summed E-state index contributed by atoms with van der Waals surface area (Å²) in [5.41, 5.74) is -1.87. The molecule has 0 heterocycles. The molecule has 0 atom stereocenters. The Balaban J connectivity index is 3.18. The van der Waals surface area contributed by atoms with Gasteiger partial charge in [0.25, 0.3) is 0 Å². The molecule has 18 heavy (non-hydrogen) atoms. The van der Waals surface area contributed by atoms with Crippen LogP contribution < -0.4 is 5.32 Å². The van der Waals surface area contributed by atoms with Gasteiger partial charge < -0.3 is 15.5 Å². The van der Waals surface area contributed by atoms with Gasteiger partial charge in [-0.1, -0.05) is 13.0 Å². The number of anilines is 1. The molecule has 0 aliphatic rings. The summed E-state index contributed by atoms with van der Waals surface area (Å²) in [5, 5.41) is 31.9. The summed E-state index contributed by atoms with van der Waals surface area (Å²) in [7, 11) is 0. The third-order valence-corrected chi connectivity index (χ3v) is 2.85. The molecule has 0 bridgehead atoms. The number of hydrogen-bond acceptors (Lipinski definition) is 5.